The van der Waals surface area contributed by atoms with Crippen LogP contribution in [0.1, 0.15) is 18.5 Å². The third-order valence-corrected chi connectivity index (χ3v) is 5.30. The minimum Gasteiger partial charge on any atom is -0.339 e. The van der Waals surface area contributed by atoms with Crippen molar-refractivity contribution in [1.29, 1.82) is 0 Å². The Morgan fingerprint density at radius 3 is 2.54 bits per heavy atom. The van der Waals surface area contributed by atoms with Crippen molar-refractivity contribution in [2.45, 2.75) is 31.3 Å². The Balaban J connectivity index is 1.46. The SMILES string of the molecule is CN1CCC(N2CCN(C(=O)[C@H](N)Cc3ccccn3)CC2)CC1. The van der Waals surface area contributed by atoms with Gasteiger partial charge in [-0.25, -0.2) is 0 Å². The normalized spacial score (nSPS) is 22.5. The third kappa shape index (κ3) is 4.32. The number of carbonyl (C=O) groups is 1. The Bertz CT molecular complexity index is 521. The molecular weight excluding hydrogens is 302 g/mol. The lowest BCUT2D eigenvalue weighted by Gasteiger charge is -2.42. The van der Waals surface area contributed by atoms with E-state index in [0.717, 1.165) is 31.9 Å². The lowest BCUT2D eigenvalue weighted by atomic mass is 10.0. The van der Waals surface area contributed by atoms with E-state index >= 15 is 0 Å². The summed E-state index contributed by atoms with van der Waals surface area (Å²) in [5, 5.41) is 0. The number of likely N-dealkylation sites (tertiary alicyclic amines) is 1. The average Bonchev–Trinajstić information content (AvgIpc) is 2.63. The van der Waals surface area contributed by atoms with E-state index in [0.29, 0.717) is 12.5 Å². The number of nitrogens with two attached hydrogens (primary N) is 1. The fourth-order valence-electron chi connectivity index (χ4n) is 3.73. The first kappa shape index (κ1) is 17.3. The van der Waals surface area contributed by atoms with Crippen LogP contribution >= 0.6 is 0 Å². The quantitative estimate of drug-likeness (QED) is 0.853. The van der Waals surface area contributed by atoms with Crippen LogP contribution in [0.25, 0.3) is 0 Å². The van der Waals surface area contributed by atoms with Crippen molar-refractivity contribution in [2.24, 2.45) is 5.73 Å². The van der Waals surface area contributed by atoms with Crippen LogP contribution in [0.15, 0.2) is 24.4 Å². The van der Waals surface area contributed by atoms with Gasteiger partial charge in [0, 0.05) is 50.5 Å². The molecule has 3 rings (SSSR count). The van der Waals surface area contributed by atoms with E-state index in [9.17, 15) is 4.79 Å². The summed E-state index contributed by atoms with van der Waals surface area (Å²) in [4.78, 5) is 23.7. The van der Waals surface area contributed by atoms with E-state index in [1.54, 1.807) is 6.20 Å². The van der Waals surface area contributed by atoms with Crippen LogP contribution in [0, 0.1) is 0 Å². The van der Waals surface area contributed by atoms with Crippen LogP contribution in [0.5, 0.6) is 0 Å². The summed E-state index contributed by atoms with van der Waals surface area (Å²) in [5.41, 5.74) is 7.00. The van der Waals surface area contributed by atoms with E-state index in [1.807, 2.05) is 23.1 Å². The van der Waals surface area contributed by atoms with Crippen molar-refractivity contribution in [3.63, 3.8) is 0 Å². The highest BCUT2D eigenvalue weighted by molar-refractivity contribution is 5.82. The molecule has 2 aliphatic heterocycles. The number of pyridine rings is 1. The number of nitrogens with zero attached hydrogens (tertiary/aromatic N) is 4. The minimum atomic E-state index is -0.491. The molecule has 2 aliphatic rings. The zero-order valence-corrected chi connectivity index (χ0v) is 14.6. The highest BCUT2D eigenvalue weighted by Crippen LogP contribution is 2.17. The van der Waals surface area contributed by atoms with Gasteiger partial charge in [-0.2, -0.15) is 0 Å². The number of hydrogen-bond donors (Lipinski definition) is 1. The Labute approximate surface area is 144 Å². The van der Waals surface area contributed by atoms with Gasteiger partial charge in [0.05, 0.1) is 6.04 Å². The van der Waals surface area contributed by atoms with Crippen molar-refractivity contribution in [3.8, 4) is 0 Å². The molecule has 1 amide bonds. The number of piperazine rings is 1. The van der Waals surface area contributed by atoms with Gasteiger partial charge in [-0.1, -0.05) is 6.07 Å². The zero-order chi connectivity index (χ0) is 16.9. The topological polar surface area (TPSA) is 65.7 Å². The summed E-state index contributed by atoms with van der Waals surface area (Å²) >= 11 is 0. The summed E-state index contributed by atoms with van der Waals surface area (Å²) in [6, 6.07) is 5.92. The molecule has 0 spiro atoms. The van der Waals surface area contributed by atoms with Crippen molar-refractivity contribution in [2.75, 3.05) is 46.3 Å². The molecule has 6 nitrogen and oxygen atoms in total. The zero-order valence-electron chi connectivity index (χ0n) is 14.6. The molecule has 1 aromatic heterocycles. The average molecular weight is 331 g/mol. The van der Waals surface area contributed by atoms with E-state index < -0.39 is 6.04 Å². The second-order valence-electron chi connectivity index (χ2n) is 7.03. The first-order chi connectivity index (χ1) is 11.6. The first-order valence-corrected chi connectivity index (χ1v) is 9.00. The molecule has 1 atom stereocenters. The molecule has 2 N–H and O–H groups in total. The second kappa shape index (κ2) is 8.05. The van der Waals surface area contributed by atoms with Gasteiger partial charge in [0.2, 0.25) is 5.91 Å². The molecule has 0 unspecified atom stereocenters. The fraction of sp³-hybridized carbons (Fsp3) is 0.667. The summed E-state index contributed by atoms with van der Waals surface area (Å²) in [7, 11) is 2.19. The molecule has 0 saturated carbocycles. The number of carbonyl (C=O) groups excluding carboxylic acids is 1. The van der Waals surface area contributed by atoms with Crippen molar-refractivity contribution in [1.82, 2.24) is 19.7 Å². The van der Waals surface area contributed by atoms with Crippen molar-refractivity contribution >= 4 is 5.91 Å². The van der Waals surface area contributed by atoms with Crippen LogP contribution in [-0.2, 0) is 11.2 Å². The molecule has 132 valence electrons. The van der Waals surface area contributed by atoms with Gasteiger partial charge < -0.3 is 15.5 Å². The molecule has 2 fully saturated rings. The van der Waals surface area contributed by atoms with Crippen LogP contribution in [0.3, 0.4) is 0 Å². The molecule has 1 aromatic rings. The number of amides is 1. The highest BCUT2D eigenvalue weighted by Gasteiger charge is 2.29. The van der Waals surface area contributed by atoms with Crippen LogP contribution < -0.4 is 5.73 Å². The standard InChI is InChI=1S/C18H29N5O/c1-21-8-5-16(6-9-21)22-10-12-23(13-11-22)18(24)17(19)14-15-4-2-3-7-20-15/h2-4,7,16-17H,5-6,8-14,19H2,1H3/t17-/m1/s1. The van der Waals surface area contributed by atoms with Crippen LogP contribution in [0.2, 0.25) is 0 Å². The van der Waals surface area contributed by atoms with Gasteiger partial charge >= 0.3 is 0 Å². The first-order valence-electron chi connectivity index (χ1n) is 9.00. The van der Waals surface area contributed by atoms with E-state index in [-0.39, 0.29) is 5.91 Å². The molecule has 6 heteroatoms. The minimum absolute atomic E-state index is 0.0590. The smallest absolute Gasteiger partial charge is 0.239 e. The van der Waals surface area contributed by atoms with Gasteiger partial charge in [0.15, 0.2) is 0 Å². The largest absolute Gasteiger partial charge is 0.339 e. The summed E-state index contributed by atoms with van der Waals surface area (Å²) < 4.78 is 0. The Kier molecular flexibility index (Phi) is 5.81. The molecule has 0 aliphatic carbocycles. The molecule has 24 heavy (non-hydrogen) atoms. The maximum Gasteiger partial charge on any atom is 0.239 e. The molecule has 0 radical (unpaired) electrons. The van der Waals surface area contributed by atoms with Gasteiger partial charge in [-0.3, -0.25) is 14.7 Å². The summed E-state index contributed by atoms with van der Waals surface area (Å²) in [6.07, 6.45) is 4.73. The lowest BCUT2D eigenvalue weighted by Crippen LogP contribution is -2.56. The molecule has 0 aromatic carbocycles. The molecule has 3 heterocycles. The maximum atomic E-state index is 12.6. The number of piperidine rings is 1. The Morgan fingerprint density at radius 1 is 1.21 bits per heavy atom. The predicted octanol–water partition coefficient (Wildman–Crippen LogP) is 0.190. The maximum absolute atomic E-state index is 12.6. The predicted molar refractivity (Wildman–Crippen MR) is 94.6 cm³/mol. The van der Waals surface area contributed by atoms with Gasteiger partial charge in [-0.05, 0) is 45.1 Å². The lowest BCUT2D eigenvalue weighted by molar-refractivity contribution is -0.134. The van der Waals surface area contributed by atoms with Gasteiger partial charge in [0.1, 0.15) is 0 Å². The number of hydrogen-bond acceptors (Lipinski definition) is 5. The monoisotopic (exact) mass is 331 g/mol. The van der Waals surface area contributed by atoms with E-state index in [2.05, 4.69) is 21.8 Å². The summed E-state index contributed by atoms with van der Waals surface area (Å²) in [5.74, 6) is 0.0590. The van der Waals surface area contributed by atoms with Crippen LogP contribution in [-0.4, -0.2) is 84.0 Å². The number of aromatic nitrogens is 1. The van der Waals surface area contributed by atoms with E-state index in [1.165, 1.54) is 25.9 Å². The second-order valence-corrected chi connectivity index (χ2v) is 7.03. The molecular formula is C18H29N5O. The molecule has 2 saturated heterocycles. The Morgan fingerprint density at radius 2 is 1.92 bits per heavy atom. The number of rotatable bonds is 4. The highest BCUT2D eigenvalue weighted by atomic mass is 16.2. The third-order valence-electron chi connectivity index (χ3n) is 5.30. The van der Waals surface area contributed by atoms with Gasteiger partial charge in [-0.15, -0.1) is 0 Å². The van der Waals surface area contributed by atoms with Gasteiger partial charge in [0.25, 0.3) is 0 Å². The van der Waals surface area contributed by atoms with Crippen molar-refractivity contribution < 1.29 is 4.79 Å². The van der Waals surface area contributed by atoms with Crippen LogP contribution in [0.4, 0.5) is 0 Å². The fourth-order valence-corrected chi connectivity index (χ4v) is 3.73. The van der Waals surface area contributed by atoms with E-state index in [4.69, 9.17) is 5.73 Å². The summed E-state index contributed by atoms with van der Waals surface area (Å²) in [6.45, 7) is 5.88. The van der Waals surface area contributed by atoms with Crippen molar-refractivity contribution in [3.05, 3.63) is 30.1 Å². The Hall–Kier alpha value is -1.50. The molecule has 0 bridgehead atoms.